The highest BCUT2D eigenvalue weighted by Crippen LogP contribution is 2.35. The molecule has 6 heteroatoms. The minimum absolute atomic E-state index is 0.0347. The summed E-state index contributed by atoms with van der Waals surface area (Å²) in [5, 5.41) is 3.33. The van der Waals surface area contributed by atoms with Crippen LogP contribution in [0.3, 0.4) is 0 Å². The van der Waals surface area contributed by atoms with Gasteiger partial charge in [-0.1, -0.05) is 0 Å². The zero-order valence-electron chi connectivity index (χ0n) is 13.2. The molecule has 1 saturated heterocycles. The van der Waals surface area contributed by atoms with Gasteiger partial charge in [0.1, 0.15) is 5.75 Å². The van der Waals surface area contributed by atoms with Crippen molar-refractivity contribution >= 4 is 11.7 Å². The first kappa shape index (κ1) is 15.1. The molecule has 0 unspecified atom stereocenters. The van der Waals surface area contributed by atoms with Crippen molar-refractivity contribution in [3.8, 4) is 5.75 Å². The van der Waals surface area contributed by atoms with Crippen molar-refractivity contribution in [2.45, 2.75) is 19.5 Å². The SMILES string of the molecule is COCCN1CCCN(c2cc3c(cc2OC)CNC3)C1=O. The van der Waals surface area contributed by atoms with E-state index in [1.54, 1.807) is 14.2 Å². The quantitative estimate of drug-likeness (QED) is 0.897. The zero-order valence-corrected chi connectivity index (χ0v) is 13.2. The molecule has 1 fully saturated rings. The van der Waals surface area contributed by atoms with Crippen LogP contribution in [0.2, 0.25) is 0 Å². The van der Waals surface area contributed by atoms with Gasteiger partial charge < -0.3 is 19.7 Å². The van der Waals surface area contributed by atoms with Gasteiger partial charge in [-0.15, -0.1) is 0 Å². The van der Waals surface area contributed by atoms with Gasteiger partial charge in [-0.05, 0) is 29.7 Å². The van der Waals surface area contributed by atoms with E-state index in [1.807, 2.05) is 15.9 Å². The third-order valence-corrected chi connectivity index (χ3v) is 4.30. The van der Waals surface area contributed by atoms with Crippen molar-refractivity contribution in [1.29, 1.82) is 0 Å². The molecule has 0 bridgehead atoms. The van der Waals surface area contributed by atoms with Gasteiger partial charge in [0.2, 0.25) is 0 Å². The molecule has 2 heterocycles. The van der Waals surface area contributed by atoms with Crippen molar-refractivity contribution in [2.24, 2.45) is 0 Å². The monoisotopic (exact) mass is 305 g/mol. The minimum atomic E-state index is 0.0347. The Hall–Kier alpha value is -1.79. The fourth-order valence-corrected chi connectivity index (χ4v) is 3.10. The lowest BCUT2D eigenvalue weighted by Gasteiger charge is -2.36. The smallest absolute Gasteiger partial charge is 0.324 e. The first-order valence-corrected chi connectivity index (χ1v) is 7.70. The molecule has 2 aliphatic heterocycles. The van der Waals surface area contributed by atoms with Gasteiger partial charge in [-0.25, -0.2) is 4.79 Å². The summed E-state index contributed by atoms with van der Waals surface area (Å²) in [6.45, 7) is 4.41. The van der Waals surface area contributed by atoms with Crippen molar-refractivity contribution in [3.63, 3.8) is 0 Å². The van der Waals surface area contributed by atoms with Crippen LogP contribution in [0.5, 0.6) is 5.75 Å². The van der Waals surface area contributed by atoms with Gasteiger partial charge in [0.25, 0.3) is 0 Å². The van der Waals surface area contributed by atoms with E-state index in [9.17, 15) is 4.79 Å². The maximum atomic E-state index is 12.7. The first-order chi connectivity index (χ1) is 10.7. The summed E-state index contributed by atoms with van der Waals surface area (Å²) in [7, 11) is 3.31. The predicted molar refractivity (Wildman–Crippen MR) is 84.3 cm³/mol. The molecular weight excluding hydrogens is 282 g/mol. The van der Waals surface area contributed by atoms with Crippen LogP contribution in [0.1, 0.15) is 17.5 Å². The fourth-order valence-electron chi connectivity index (χ4n) is 3.10. The van der Waals surface area contributed by atoms with Gasteiger partial charge >= 0.3 is 6.03 Å². The molecule has 0 saturated carbocycles. The summed E-state index contributed by atoms with van der Waals surface area (Å²) in [6.07, 6.45) is 0.952. The molecule has 0 aromatic heterocycles. The van der Waals surface area contributed by atoms with Crippen LogP contribution >= 0.6 is 0 Å². The normalized spacial score (nSPS) is 17.8. The highest BCUT2D eigenvalue weighted by molar-refractivity contribution is 5.94. The van der Waals surface area contributed by atoms with Gasteiger partial charge in [0.05, 0.1) is 19.4 Å². The molecule has 0 radical (unpaired) electrons. The van der Waals surface area contributed by atoms with Crippen molar-refractivity contribution < 1.29 is 14.3 Å². The second-order valence-corrected chi connectivity index (χ2v) is 5.66. The number of carbonyl (C=O) groups excluding carboxylic acids is 1. The lowest BCUT2D eigenvalue weighted by Crippen LogP contribution is -2.50. The molecule has 22 heavy (non-hydrogen) atoms. The Bertz CT molecular complexity index is 562. The molecule has 1 aromatic rings. The lowest BCUT2D eigenvalue weighted by molar-refractivity contribution is 0.146. The number of amides is 2. The zero-order chi connectivity index (χ0) is 15.5. The number of benzene rings is 1. The molecule has 1 N–H and O–H groups in total. The van der Waals surface area contributed by atoms with Gasteiger partial charge in [-0.3, -0.25) is 4.90 Å². The summed E-state index contributed by atoms with van der Waals surface area (Å²) in [6, 6.07) is 4.17. The summed E-state index contributed by atoms with van der Waals surface area (Å²) < 4.78 is 10.6. The van der Waals surface area contributed by atoms with E-state index < -0.39 is 0 Å². The number of rotatable bonds is 5. The number of nitrogens with zero attached hydrogens (tertiary/aromatic N) is 2. The standard InChI is InChI=1S/C16H23N3O3/c1-21-7-6-18-4-3-5-19(16(18)20)14-8-12-10-17-11-13(12)9-15(14)22-2/h8-9,17H,3-7,10-11H2,1-2H3. The third-order valence-electron chi connectivity index (χ3n) is 4.30. The summed E-state index contributed by atoms with van der Waals surface area (Å²) in [5.74, 6) is 0.768. The van der Waals surface area contributed by atoms with E-state index in [0.717, 1.165) is 44.0 Å². The van der Waals surface area contributed by atoms with E-state index in [0.29, 0.717) is 13.2 Å². The molecular formula is C16H23N3O3. The number of methoxy groups -OCH3 is 2. The summed E-state index contributed by atoms with van der Waals surface area (Å²) in [4.78, 5) is 16.4. The van der Waals surface area contributed by atoms with Crippen LogP contribution in [0.15, 0.2) is 12.1 Å². The fraction of sp³-hybridized carbons (Fsp3) is 0.562. The largest absolute Gasteiger partial charge is 0.495 e. The maximum Gasteiger partial charge on any atom is 0.324 e. The Morgan fingerprint density at radius 2 is 1.95 bits per heavy atom. The number of fused-ring (bicyclic) bond motifs is 1. The number of hydrogen-bond acceptors (Lipinski definition) is 4. The molecule has 2 amide bonds. The second kappa shape index (κ2) is 6.54. The molecule has 2 aliphatic rings. The maximum absolute atomic E-state index is 12.7. The molecule has 1 aromatic carbocycles. The molecule has 3 rings (SSSR count). The highest BCUT2D eigenvalue weighted by Gasteiger charge is 2.29. The molecule has 0 spiro atoms. The van der Waals surface area contributed by atoms with E-state index in [2.05, 4.69) is 11.4 Å². The number of anilines is 1. The van der Waals surface area contributed by atoms with Crippen molar-refractivity contribution in [1.82, 2.24) is 10.2 Å². The van der Waals surface area contributed by atoms with E-state index >= 15 is 0 Å². The Labute approximate surface area is 131 Å². The van der Waals surface area contributed by atoms with E-state index in [-0.39, 0.29) is 6.03 Å². The van der Waals surface area contributed by atoms with Gasteiger partial charge in [-0.2, -0.15) is 0 Å². The number of ether oxygens (including phenoxy) is 2. The first-order valence-electron chi connectivity index (χ1n) is 7.70. The average Bonchev–Trinajstić information content (AvgIpc) is 3.00. The van der Waals surface area contributed by atoms with Crippen LogP contribution in [0.25, 0.3) is 0 Å². The van der Waals surface area contributed by atoms with Crippen molar-refractivity contribution in [3.05, 3.63) is 23.3 Å². The lowest BCUT2D eigenvalue weighted by atomic mass is 10.1. The second-order valence-electron chi connectivity index (χ2n) is 5.66. The molecule has 0 atom stereocenters. The third kappa shape index (κ3) is 2.76. The molecule has 0 aliphatic carbocycles. The van der Waals surface area contributed by atoms with Crippen LogP contribution in [0.4, 0.5) is 10.5 Å². The van der Waals surface area contributed by atoms with Crippen LogP contribution < -0.4 is 15.0 Å². The van der Waals surface area contributed by atoms with Crippen LogP contribution in [-0.2, 0) is 17.8 Å². The summed E-state index contributed by atoms with van der Waals surface area (Å²) in [5.41, 5.74) is 3.37. The number of hydrogen-bond donors (Lipinski definition) is 1. The Morgan fingerprint density at radius 1 is 1.18 bits per heavy atom. The summed E-state index contributed by atoms with van der Waals surface area (Å²) >= 11 is 0. The molecule has 120 valence electrons. The average molecular weight is 305 g/mol. The van der Waals surface area contributed by atoms with Crippen LogP contribution in [0, 0.1) is 0 Å². The van der Waals surface area contributed by atoms with Crippen molar-refractivity contribution in [2.75, 3.05) is 45.4 Å². The Kier molecular flexibility index (Phi) is 4.49. The minimum Gasteiger partial charge on any atom is -0.495 e. The van der Waals surface area contributed by atoms with E-state index in [1.165, 1.54) is 11.1 Å². The number of carbonyl (C=O) groups is 1. The Morgan fingerprint density at radius 3 is 2.68 bits per heavy atom. The Balaban J connectivity index is 1.87. The van der Waals surface area contributed by atoms with E-state index in [4.69, 9.17) is 9.47 Å². The number of urea groups is 1. The molecule has 6 nitrogen and oxygen atoms in total. The number of nitrogens with one attached hydrogen (secondary N) is 1. The van der Waals surface area contributed by atoms with Gasteiger partial charge in [0.15, 0.2) is 0 Å². The highest BCUT2D eigenvalue weighted by atomic mass is 16.5. The predicted octanol–water partition coefficient (Wildman–Crippen LogP) is 1.58. The van der Waals surface area contributed by atoms with Gasteiger partial charge in [0, 0.05) is 39.8 Å². The topological polar surface area (TPSA) is 54.0 Å². The van der Waals surface area contributed by atoms with Crippen LogP contribution in [-0.4, -0.2) is 51.4 Å².